The van der Waals surface area contributed by atoms with Crippen LogP contribution in [0, 0.1) is 0 Å². The highest BCUT2D eigenvalue weighted by Gasteiger charge is 2.15. The number of nitrogens with one attached hydrogen (secondary N) is 1. The average molecular weight is 307 g/mol. The van der Waals surface area contributed by atoms with Crippen molar-refractivity contribution in [2.45, 2.75) is 38.7 Å². The van der Waals surface area contributed by atoms with E-state index in [1.54, 1.807) is 0 Å². The van der Waals surface area contributed by atoms with Gasteiger partial charge in [-0.25, -0.2) is 0 Å². The lowest BCUT2D eigenvalue weighted by atomic mass is 10.2. The first kappa shape index (κ1) is 16.6. The van der Waals surface area contributed by atoms with E-state index in [2.05, 4.69) is 5.32 Å². The number of carbonyl (C=O) groups excluding carboxylic acids is 1. The van der Waals surface area contributed by atoms with Crippen molar-refractivity contribution < 1.29 is 19.0 Å². The first-order valence-corrected chi connectivity index (χ1v) is 8.02. The molecule has 1 aromatic carbocycles. The standard InChI is InChI=1S/C17H25NO4/c1-2-20-15-8-3-4-9-16(15)22-12-6-10-17(19)18-13-14-7-5-11-21-14/h3-4,8-9,14H,2,5-7,10-13H2,1H3,(H,18,19). The molecule has 0 radical (unpaired) electrons. The van der Waals surface area contributed by atoms with Gasteiger partial charge in [0.25, 0.3) is 0 Å². The zero-order valence-corrected chi connectivity index (χ0v) is 13.2. The maximum Gasteiger partial charge on any atom is 0.220 e. The van der Waals surface area contributed by atoms with E-state index < -0.39 is 0 Å². The van der Waals surface area contributed by atoms with Crippen LogP contribution in [0.1, 0.15) is 32.6 Å². The SMILES string of the molecule is CCOc1ccccc1OCCCC(=O)NCC1CCCO1. The molecule has 1 unspecified atom stereocenters. The Morgan fingerprint density at radius 2 is 2.09 bits per heavy atom. The van der Waals surface area contributed by atoms with Gasteiger partial charge in [0.05, 0.1) is 19.3 Å². The van der Waals surface area contributed by atoms with Gasteiger partial charge >= 0.3 is 0 Å². The zero-order chi connectivity index (χ0) is 15.6. The van der Waals surface area contributed by atoms with E-state index in [-0.39, 0.29) is 12.0 Å². The lowest BCUT2D eigenvalue weighted by Gasteiger charge is -2.12. The first-order chi connectivity index (χ1) is 10.8. The normalized spacial score (nSPS) is 17.2. The van der Waals surface area contributed by atoms with Gasteiger partial charge in [0, 0.05) is 19.6 Å². The number of amides is 1. The van der Waals surface area contributed by atoms with Crippen LogP contribution in [0.5, 0.6) is 11.5 Å². The minimum atomic E-state index is 0.0530. The van der Waals surface area contributed by atoms with Crippen LogP contribution in [0.25, 0.3) is 0 Å². The molecule has 2 rings (SSSR count). The minimum absolute atomic E-state index is 0.0530. The van der Waals surface area contributed by atoms with Crippen molar-refractivity contribution >= 4 is 5.91 Å². The molecule has 1 heterocycles. The van der Waals surface area contributed by atoms with Crippen LogP contribution in [0.3, 0.4) is 0 Å². The number of ether oxygens (including phenoxy) is 3. The van der Waals surface area contributed by atoms with Crippen LogP contribution in [-0.2, 0) is 9.53 Å². The van der Waals surface area contributed by atoms with E-state index in [9.17, 15) is 4.79 Å². The summed E-state index contributed by atoms with van der Waals surface area (Å²) in [5.74, 6) is 1.52. The molecule has 1 aliphatic heterocycles. The quantitative estimate of drug-likeness (QED) is 0.712. The highest BCUT2D eigenvalue weighted by molar-refractivity contribution is 5.75. The monoisotopic (exact) mass is 307 g/mol. The molecule has 0 saturated carbocycles. The van der Waals surface area contributed by atoms with Crippen molar-refractivity contribution in [2.24, 2.45) is 0 Å². The highest BCUT2D eigenvalue weighted by atomic mass is 16.5. The van der Waals surface area contributed by atoms with E-state index >= 15 is 0 Å². The molecule has 22 heavy (non-hydrogen) atoms. The molecular formula is C17H25NO4. The Balaban J connectivity index is 1.61. The molecule has 0 spiro atoms. The van der Waals surface area contributed by atoms with Gasteiger partial charge in [0.1, 0.15) is 0 Å². The molecule has 1 aliphatic rings. The second-order valence-corrected chi connectivity index (χ2v) is 5.27. The van der Waals surface area contributed by atoms with Gasteiger partial charge in [-0.15, -0.1) is 0 Å². The van der Waals surface area contributed by atoms with Gasteiger partial charge in [0.15, 0.2) is 11.5 Å². The summed E-state index contributed by atoms with van der Waals surface area (Å²) in [6, 6.07) is 7.58. The van der Waals surface area contributed by atoms with Crippen molar-refractivity contribution in [2.75, 3.05) is 26.4 Å². The number of hydrogen-bond acceptors (Lipinski definition) is 4. The molecule has 0 aliphatic carbocycles. The van der Waals surface area contributed by atoms with Gasteiger partial charge in [-0.2, -0.15) is 0 Å². The van der Waals surface area contributed by atoms with E-state index in [0.29, 0.717) is 32.6 Å². The molecule has 5 heteroatoms. The van der Waals surface area contributed by atoms with Crippen LogP contribution in [0.15, 0.2) is 24.3 Å². The van der Waals surface area contributed by atoms with Crippen LogP contribution in [-0.4, -0.2) is 38.4 Å². The summed E-state index contributed by atoms with van der Waals surface area (Å²) in [6.07, 6.45) is 3.46. The van der Waals surface area contributed by atoms with Gasteiger partial charge < -0.3 is 19.5 Å². The van der Waals surface area contributed by atoms with E-state index in [1.165, 1.54) is 0 Å². The molecule has 1 saturated heterocycles. The minimum Gasteiger partial charge on any atom is -0.490 e. The van der Waals surface area contributed by atoms with Gasteiger partial charge in [-0.05, 0) is 38.3 Å². The largest absolute Gasteiger partial charge is 0.490 e. The van der Waals surface area contributed by atoms with Crippen molar-refractivity contribution in [1.82, 2.24) is 5.32 Å². The lowest BCUT2D eigenvalue weighted by molar-refractivity contribution is -0.121. The number of carbonyl (C=O) groups is 1. The molecule has 1 atom stereocenters. The van der Waals surface area contributed by atoms with Crippen molar-refractivity contribution in [3.05, 3.63) is 24.3 Å². The first-order valence-electron chi connectivity index (χ1n) is 8.02. The average Bonchev–Trinajstić information content (AvgIpc) is 3.05. The topological polar surface area (TPSA) is 56.8 Å². The van der Waals surface area contributed by atoms with Gasteiger partial charge in [-0.3, -0.25) is 4.79 Å². The van der Waals surface area contributed by atoms with Gasteiger partial charge in [0.2, 0.25) is 5.91 Å². The molecule has 0 aromatic heterocycles. The molecule has 1 amide bonds. The smallest absolute Gasteiger partial charge is 0.220 e. The third kappa shape index (κ3) is 5.56. The summed E-state index contributed by atoms with van der Waals surface area (Å²) < 4.78 is 16.7. The number of benzene rings is 1. The fraction of sp³-hybridized carbons (Fsp3) is 0.588. The summed E-state index contributed by atoms with van der Waals surface area (Å²) in [7, 11) is 0. The summed E-state index contributed by atoms with van der Waals surface area (Å²) >= 11 is 0. The Labute approximate surface area is 131 Å². The van der Waals surface area contributed by atoms with Crippen LogP contribution in [0.4, 0.5) is 0 Å². The maximum atomic E-state index is 11.7. The molecule has 1 aromatic rings. The fourth-order valence-corrected chi connectivity index (χ4v) is 2.38. The van der Waals surface area contributed by atoms with E-state index in [4.69, 9.17) is 14.2 Å². The molecule has 5 nitrogen and oxygen atoms in total. The van der Waals surface area contributed by atoms with Crippen molar-refractivity contribution in [3.63, 3.8) is 0 Å². The summed E-state index contributed by atoms with van der Waals surface area (Å²) in [5, 5.41) is 2.91. The predicted molar refractivity (Wildman–Crippen MR) is 84.3 cm³/mol. The van der Waals surface area contributed by atoms with E-state index in [1.807, 2.05) is 31.2 Å². The van der Waals surface area contributed by atoms with Crippen LogP contribution < -0.4 is 14.8 Å². The Bertz CT molecular complexity index is 458. The number of para-hydroxylation sites is 2. The zero-order valence-electron chi connectivity index (χ0n) is 13.2. The lowest BCUT2D eigenvalue weighted by Crippen LogP contribution is -2.31. The third-order valence-corrected chi connectivity index (χ3v) is 3.51. The molecular weight excluding hydrogens is 282 g/mol. The second kappa shape index (κ2) is 9.30. The van der Waals surface area contributed by atoms with Gasteiger partial charge in [-0.1, -0.05) is 12.1 Å². The number of rotatable bonds is 9. The Kier molecular flexibility index (Phi) is 7.03. The second-order valence-electron chi connectivity index (χ2n) is 5.27. The molecule has 1 N–H and O–H groups in total. The Hall–Kier alpha value is -1.75. The molecule has 0 bridgehead atoms. The number of hydrogen-bond donors (Lipinski definition) is 1. The summed E-state index contributed by atoms with van der Waals surface area (Å²) in [4.78, 5) is 11.7. The van der Waals surface area contributed by atoms with Crippen LogP contribution >= 0.6 is 0 Å². The third-order valence-electron chi connectivity index (χ3n) is 3.51. The van der Waals surface area contributed by atoms with Crippen LogP contribution in [0.2, 0.25) is 0 Å². The molecule has 1 fully saturated rings. The van der Waals surface area contributed by atoms with Crippen molar-refractivity contribution in [1.29, 1.82) is 0 Å². The Morgan fingerprint density at radius 1 is 1.32 bits per heavy atom. The highest BCUT2D eigenvalue weighted by Crippen LogP contribution is 2.26. The predicted octanol–water partition coefficient (Wildman–Crippen LogP) is 2.54. The Morgan fingerprint density at radius 3 is 2.77 bits per heavy atom. The fourth-order valence-electron chi connectivity index (χ4n) is 2.38. The molecule has 122 valence electrons. The maximum absolute atomic E-state index is 11.7. The van der Waals surface area contributed by atoms with Crippen molar-refractivity contribution in [3.8, 4) is 11.5 Å². The van der Waals surface area contributed by atoms with E-state index in [0.717, 1.165) is 30.9 Å². The summed E-state index contributed by atoms with van der Waals surface area (Å²) in [5.41, 5.74) is 0. The summed E-state index contributed by atoms with van der Waals surface area (Å²) in [6.45, 7) is 4.47.